The third-order valence-corrected chi connectivity index (χ3v) is 8.22. The van der Waals surface area contributed by atoms with Crippen molar-refractivity contribution in [2.75, 3.05) is 15.8 Å². The third-order valence-electron chi connectivity index (χ3n) is 5.76. The molecule has 0 unspecified atom stereocenters. The standard InChI is InChI=1S/C22H21N5O4S2/c1-11-12(2)26-31-21(11)27-33(29,30)15-8-6-14(7-9-15)24-20(28)19-18(23)16-10-13-4-3-5-17(13)25-22(16)32-19/h6-10,27H,3-5,23H2,1-2H3,(H,24,28). The van der Waals surface area contributed by atoms with Crippen molar-refractivity contribution in [3.05, 3.63) is 57.7 Å². The molecule has 0 saturated carbocycles. The molecule has 5 rings (SSSR count). The molecule has 1 amide bonds. The van der Waals surface area contributed by atoms with Crippen LogP contribution in [0, 0.1) is 13.8 Å². The zero-order chi connectivity index (χ0) is 23.3. The van der Waals surface area contributed by atoms with E-state index in [1.54, 1.807) is 13.8 Å². The number of nitrogens with zero attached hydrogens (tertiary/aromatic N) is 2. The van der Waals surface area contributed by atoms with Gasteiger partial charge in [-0.3, -0.25) is 4.79 Å². The van der Waals surface area contributed by atoms with Gasteiger partial charge in [0.05, 0.1) is 16.3 Å². The highest BCUT2D eigenvalue weighted by Crippen LogP contribution is 2.36. The SMILES string of the molecule is Cc1noc(NS(=O)(=O)c2ccc(NC(=O)c3sc4nc5c(cc4c3N)CCC5)cc2)c1C. The maximum atomic E-state index is 12.9. The highest BCUT2D eigenvalue weighted by Gasteiger charge is 2.22. The molecule has 3 heterocycles. The molecule has 0 radical (unpaired) electrons. The second-order valence-corrected chi connectivity index (χ2v) is 10.6. The topological polar surface area (TPSA) is 140 Å². The molecule has 1 aromatic carbocycles. The van der Waals surface area contributed by atoms with E-state index in [9.17, 15) is 13.2 Å². The molecule has 4 N–H and O–H groups in total. The van der Waals surface area contributed by atoms with Crippen LogP contribution in [0.15, 0.2) is 39.8 Å². The number of amides is 1. The molecular formula is C22H21N5O4S2. The Bertz CT molecular complexity index is 1500. The Morgan fingerprint density at radius 2 is 1.94 bits per heavy atom. The van der Waals surface area contributed by atoms with Gasteiger partial charge in [-0.1, -0.05) is 5.16 Å². The molecule has 33 heavy (non-hydrogen) atoms. The summed E-state index contributed by atoms with van der Waals surface area (Å²) in [6.45, 7) is 3.44. The lowest BCUT2D eigenvalue weighted by Gasteiger charge is -2.08. The fourth-order valence-electron chi connectivity index (χ4n) is 3.76. The van der Waals surface area contributed by atoms with Crippen LogP contribution in [-0.4, -0.2) is 24.5 Å². The van der Waals surface area contributed by atoms with Crippen molar-refractivity contribution in [2.24, 2.45) is 0 Å². The number of carbonyl (C=O) groups excluding carboxylic acids is 1. The predicted molar refractivity (Wildman–Crippen MR) is 127 cm³/mol. The number of hydrogen-bond acceptors (Lipinski definition) is 8. The van der Waals surface area contributed by atoms with E-state index >= 15 is 0 Å². The summed E-state index contributed by atoms with van der Waals surface area (Å²) in [4.78, 5) is 18.7. The highest BCUT2D eigenvalue weighted by atomic mass is 32.2. The van der Waals surface area contributed by atoms with E-state index in [2.05, 4.69) is 20.2 Å². The summed E-state index contributed by atoms with van der Waals surface area (Å²) in [5, 5.41) is 7.33. The molecule has 0 aliphatic heterocycles. The minimum absolute atomic E-state index is 0.0223. The van der Waals surface area contributed by atoms with Crippen molar-refractivity contribution in [2.45, 2.75) is 38.0 Å². The summed E-state index contributed by atoms with van der Waals surface area (Å²) in [5.74, 6) is -0.290. The number of anilines is 3. The van der Waals surface area contributed by atoms with Crippen molar-refractivity contribution in [1.82, 2.24) is 10.1 Å². The van der Waals surface area contributed by atoms with Gasteiger partial charge in [-0.2, -0.15) is 0 Å². The van der Waals surface area contributed by atoms with Crippen LogP contribution < -0.4 is 15.8 Å². The monoisotopic (exact) mass is 483 g/mol. The lowest BCUT2D eigenvalue weighted by molar-refractivity contribution is 0.103. The van der Waals surface area contributed by atoms with Crippen molar-refractivity contribution < 1.29 is 17.7 Å². The zero-order valence-electron chi connectivity index (χ0n) is 17.9. The normalized spacial score (nSPS) is 13.3. The number of nitrogens with two attached hydrogens (primary N) is 1. The number of benzene rings is 1. The number of nitrogen functional groups attached to an aromatic ring is 1. The van der Waals surface area contributed by atoms with E-state index in [1.807, 2.05) is 6.07 Å². The largest absolute Gasteiger partial charge is 0.397 e. The minimum atomic E-state index is -3.87. The summed E-state index contributed by atoms with van der Waals surface area (Å²) in [7, 11) is -3.87. The number of aromatic nitrogens is 2. The van der Waals surface area contributed by atoms with Crippen molar-refractivity contribution >= 4 is 54.7 Å². The van der Waals surface area contributed by atoms with E-state index in [-0.39, 0.29) is 16.7 Å². The maximum absolute atomic E-state index is 12.9. The number of hydrogen-bond donors (Lipinski definition) is 3. The number of nitrogens with one attached hydrogen (secondary N) is 2. The van der Waals surface area contributed by atoms with Crippen LogP contribution in [0.1, 0.15) is 38.6 Å². The molecule has 1 aliphatic carbocycles. The van der Waals surface area contributed by atoms with Gasteiger partial charge < -0.3 is 15.6 Å². The van der Waals surface area contributed by atoms with Gasteiger partial charge in [0.25, 0.3) is 15.9 Å². The first-order valence-electron chi connectivity index (χ1n) is 10.3. The predicted octanol–water partition coefficient (Wildman–Crippen LogP) is 4.03. The molecule has 11 heteroatoms. The minimum Gasteiger partial charge on any atom is -0.397 e. The van der Waals surface area contributed by atoms with Crippen molar-refractivity contribution in [1.29, 1.82) is 0 Å². The van der Waals surface area contributed by atoms with Gasteiger partial charge in [0.2, 0.25) is 5.88 Å². The van der Waals surface area contributed by atoms with Crippen LogP contribution in [-0.2, 0) is 22.9 Å². The number of rotatable bonds is 5. The van der Waals surface area contributed by atoms with Crippen LogP contribution in [0.5, 0.6) is 0 Å². The van der Waals surface area contributed by atoms with Crippen molar-refractivity contribution in [3.8, 4) is 0 Å². The molecule has 170 valence electrons. The van der Waals surface area contributed by atoms with Gasteiger partial charge in [0.15, 0.2) is 0 Å². The summed E-state index contributed by atoms with van der Waals surface area (Å²) in [6, 6.07) is 7.87. The molecule has 0 fully saturated rings. The lowest BCUT2D eigenvalue weighted by atomic mass is 10.1. The second kappa shape index (κ2) is 7.85. The number of aryl methyl sites for hydroxylation is 3. The Morgan fingerprint density at radius 3 is 2.64 bits per heavy atom. The first-order valence-corrected chi connectivity index (χ1v) is 12.6. The Balaban J connectivity index is 1.34. The Hall–Kier alpha value is -3.44. The van der Waals surface area contributed by atoms with Crippen LogP contribution in [0.2, 0.25) is 0 Å². The van der Waals surface area contributed by atoms with Crippen LogP contribution in [0.3, 0.4) is 0 Å². The first kappa shape index (κ1) is 21.4. The number of pyridine rings is 1. The van der Waals surface area contributed by atoms with Gasteiger partial charge in [-0.05, 0) is 69.0 Å². The zero-order valence-corrected chi connectivity index (χ0v) is 19.6. The van der Waals surface area contributed by atoms with Gasteiger partial charge in [-0.15, -0.1) is 11.3 Å². The quantitative estimate of drug-likeness (QED) is 0.389. The number of thiophene rings is 1. The summed E-state index contributed by atoms with van der Waals surface area (Å²) >= 11 is 1.26. The first-order chi connectivity index (χ1) is 15.7. The summed E-state index contributed by atoms with van der Waals surface area (Å²) in [6.07, 6.45) is 3.02. The van der Waals surface area contributed by atoms with E-state index in [4.69, 9.17) is 10.3 Å². The number of carbonyl (C=O) groups is 1. The third kappa shape index (κ3) is 3.83. The van der Waals surface area contributed by atoms with E-state index in [1.165, 1.54) is 41.2 Å². The smallest absolute Gasteiger partial charge is 0.267 e. The Morgan fingerprint density at radius 1 is 1.18 bits per heavy atom. The second-order valence-electron chi connectivity index (χ2n) is 7.95. The van der Waals surface area contributed by atoms with E-state index in [0.717, 1.165) is 35.2 Å². The van der Waals surface area contributed by atoms with Crippen molar-refractivity contribution in [3.63, 3.8) is 0 Å². The molecule has 0 bridgehead atoms. The fraction of sp³-hybridized carbons (Fsp3) is 0.227. The Kier molecular flexibility index (Phi) is 5.09. The van der Waals surface area contributed by atoms with Crippen LogP contribution >= 0.6 is 11.3 Å². The van der Waals surface area contributed by atoms with Gasteiger partial charge in [-0.25, -0.2) is 18.1 Å². The number of sulfonamides is 1. The van der Waals surface area contributed by atoms with E-state index in [0.29, 0.717) is 27.5 Å². The molecule has 4 aromatic rings. The molecule has 0 spiro atoms. The summed E-state index contributed by atoms with van der Waals surface area (Å²) < 4.78 is 32.7. The summed E-state index contributed by atoms with van der Waals surface area (Å²) in [5.41, 5.74) is 10.6. The molecular weight excluding hydrogens is 462 g/mol. The molecule has 3 aromatic heterocycles. The lowest BCUT2D eigenvalue weighted by Crippen LogP contribution is -2.14. The molecule has 0 atom stereocenters. The van der Waals surface area contributed by atoms with Gasteiger partial charge in [0, 0.05) is 22.3 Å². The van der Waals surface area contributed by atoms with Crippen LogP contribution in [0.4, 0.5) is 17.3 Å². The Labute approximate surface area is 194 Å². The fourth-order valence-corrected chi connectivity index (χ4v) is 5.80. The van der Waals surface area contributed by atoms with Crippen LogP contribution in [0.25, 0.3) is 10.2 Å². The van der Waals surface area contributed by atoms with Gasteiger partial charge in [0.1, 0.15) is 9.71 Å². The van der Waals surface area contributed by atoms with E-state index < -0.39 is 10.0 Å². The molecule has 1 aliphatic rings. The average molecular weight is 484 g/mol. The maximum Gasteiger partial charge on any atom is 0.267 e. The van der Waals surface area contributed by atoms with Gasteiger partial charge >= 0.3 is 0 Å². The average Bonchev–Trinajstić information content (AvgIpc) is 3.46. The molecule has 9 nitrogen and oxygen atoms in total. The number of fused-ring (bicyclic) bond motifs is 2. The highest BCUT2D eigenvalue weighted by molar-refractivity contribution is 7.92. The molecule has 0 saturated heterocycles.